The summed E-state index contributed by atoms with van der Waals surface area (Å²) in [7, 11) is 0. The SMILES string of the molecule is C=N/C=N\N(c1cc(C(COC(=O)NC2CC23CC3)N2C(=O)[C@@H](c3ccc(C4C=NN(C(F)F)C4)cc3)N=C2N)ccc1Cl)C(F)F.CC(C)(C)C. The Kier molecular flexibility index (Phi) is 11.5. The fourth-order valence-corrected chi connectivity index (χ4v) is 6.08. The maximum Gasteiger partial charge on any atom is 0.407 e. The largest absolute Gasteiger partial charge is 0.447 e. The van der Waals surface area contributed by atoms with Crippen molar-refractivity contribution in [2.24, 2.45) is 36.8 Å². The molecule has 52 heavy (non-hydrogen) atoms. The first-order valence-corrected chi connectivity index (χ1v) is 17.0. The minimum atomic E-state index is -3.11. The van der Waals surface area contributed by atoms with Gasteiger partial charge in [-0.3, -0.25) is 14.7 Å². The van der Waals surface area contributed by atoms with Gasteiger partial charge in [0.15, 0.2) is 12.0 Å². The van der Waals surface area contributed by atoms with Gasteiger partial charge >= 0.3 is 19.2 Å². The molecule has 17 heteroatoms. The molecule has 4 atom stereocenters. The highest BCUT2D eigenvalue weighted by molar-refractivity contribution is 6.33. The van der Waals surface area contributed by atoms with Crippen molar-refractivity contribution in [2.75, 3.05) is 18.2 Å². The van der Waals surface area contributed by atoms with E-state index in [1.807, 2.05) is 0 Å². The number of hydrogen-bond donors (Lipinski definition) is 2. The molecule has 4 aliphatic rings. The van der Waals surface area contributed by atoms with E-state index < -0.39 is 43.8 Å². The average molecular weight is 748 g/mol. The average Bonchev–Trinajstić information content (AvgIpc) is 3.88. The summed E-state index contributed by atoms with van der Waals surface area (Å²) < 4.78 is 59.5. The molecule has 2 aromatic carbocycles. The highest BCUT2D eigenvalue weighted by atomic mass is 35.5. The van der Waals surface area contributed by atoms with Crippen molar-refractivity contribution in [2.45, 2.75) is 84.1 Å². The fraction of sp³-hybridized carbons (Fsp3) is 0.486. The number of carbonyl (C=O) groups excluding carboxylic acids is 2. The zero-order valence-electron chi connectivity index (χ0n) is 29.2. The van der Waals surface area contributed by atoms with Crippen molar-refractivity contribution in [3.8, 4) is 0 Å². The molecule has 2 aliphatic heterocycles. The maximum atomic E-state index is 14.0. The number of carbonyl (C=O) groups is 2. The molecule has 12 nitrogen and oxygen atoms in total. The third-order valence-electron chi connectivity index (χ3n) is 8.77. The van der Waals surface area contributed by atoms with Gasteiger partial charge in [0.05, 0.1) is 23.3 Å². The molecule has 0 bridgehead atoms. The first kappa shape index (κ1) is 38.5. The number of amides is 2. The van der Waals surface area contributed by atoms with Gasteiger partial charge in [0.1, 0.15) is 12.9 Å². The van der Waals surface area contributed by atoms with Crippen LogP contribution in [-0.2, 0) is 9.53 Å². The van der Waals surface area contributed by atoms with Crippen LogP contribution in [0.5, 0.6) is 0 Å². The number of alkyl carbamates (subject to hydrolysis) is 1. The Labute approximate surface area is 304 Å². The third-order valence-corrected chi connectivity index (χ3v) is 9.09. The molecule has 2 fully saturated rings. The molecule has 280 valence electrons. The van der Waals surface area contributed by atoms with Gasteiger partial charge < -0.3 is 15.8 Å². The molecular weight excluding hydrogens is 706 g/mol. The molecule has 3 unspecified atom stereocenters. The lowest BCUT2D eigenvalue weighted by atomic mass is 9.97. The van der Waals surface area contributed by atoms with E-state index in [9.17, 15) is 27.2 Å². The number of ether oxygens (including phenoxy) is 1. The second-order valence-electron chi connectivity index (χ2n) is 14.7. The number of hydrogen-bond acceptors (Lipinski definition) is 9. The van der Waals surface area contributed by atoms with E-state index in [1.165, 1.54) is 24.4 Å². The molecule has 2 saturated carbocycles. The van der Waals surface area contributed by atoms with E-state index in [-0.39, 0.29) is 46.2 Å². The molecule has 0 radical (unpaired) electrons. The Morgan fingerprint density at radius 3 is 2.38 bits per heavy atom. The van der Waals surface area contributed by atoms with Crippen molar-refractivity contribution in [3.05, 3.63) is 64.2 Å². The summed E-state index contributed by atoms with van der Waals surface area (Å²) in [6.07, 6.45) is 4.52. The van der Waals surface area contributed by atoms with Crippen LogP contribution in [0.2, 0.25) is 5.02 Å². The number of nitrogens with zero attached hydrogens (tertiary/aromatic N) is 7. The molecule has 1 spiro atoms. The standard InChI is InChI=1S/C30H30ClF4N9O3.C5H12/c1-37-15-39-44(27(34)35)21-10-18(6-7-20(21)31)22(14-47-29(46)40-23-11-30(23)8-9-30)43-25(45)24(41-28(43)36)17-4-2-16(3-5-17)19-12-38-42(13-19)26(32)33;1-5(2,3)4/h2-7,10,12,15,19,22-24,26-27H,1,8-9,11,13-14H2,(H2,36,41)(H,40,46);1-4H3/b39-15-;/t19?,22?,23?,24-;/m1./s1. The molecule has 2 amide bonds. The van der Waals surface area contributed by atoms with Crippen LogP contribution < -0.4 is 16.1 Å². The van der Waals surface area contributed by atoms with Crippen molar-refractivity contribution < 1.29 is 31.9 Å². The summed E-state index contributed by atoms with van der Waals surface area (Å²) in [5.41, 5.74) is 8.19. The lowest BCUT2D eigenvalue weighted by Crippen LogP contribution is -2.43. The van der Waals surface area contributed by atoms with Gasteiger partial charge in [-0.15, -0.1) is 0 Å². The maximum absolute atomic E-state index is 14.0. The summed E-state index contributed by atoms with van der Waals surface area (Å²) in [4.78, 5) is 35.5. The zero-order valence-corrected chi connectivity index (χ0v) is 30.0. The predicted octanol–water partition coefficient (Wildman–Crippen LogP) is 6.89. The number of guanidine groups is 1. The normalized spacial score (nSPS) is 22.1. The van der Waals surface area contributed by atoms with Crippen LogP contribution >= 0.6 is 11.6 Å². The van der Waals surface area contributed by atoms with Crippen LogP contribution in [0.25, 0.3) is 0 Å². The summed E-state index contributed by atoms with van der Waals surface area (Å²) >= 11 is 6.28. The highest BCUT2D eigenvalue weighted by Crippen LogP contribution is 2.65. The van der Waals surface area contributed by atoms with Gasteiger partial charge in [0.25, 0.3) is 5.91 Å². The quantitative estimate of drug-likeness (QED) is 0.0797. The number of hydrazone groups is 2. The number of benzene rings is 2. The van der Waals surface area contributed by atoms with E-state index >= 15 is 0 Å². The summed E-state index contributed by atoms with van der Waals surface area (Å²) in [5.74, 6) is -1.12. The number of rotatable bonds is 12. The predicted molar refractivity (Wildman–Crippen MR) is 192 cm³/mol. The van der Waals surface area contributed by atoms with Gasteiger partial charge in [-0.1, -0.05) is 69.6 Å². The van der Waals surface area contributed by atoms with Gasteiger partial charge in [-0.25, -0.2) is 19.8 Å². The zero-order chi connectivity index (χ0) is 38.0. The Hall–Kier alpha value is -4.73. The Morgan fingerprint density at radius 1 is 1.17 bits per heavy atom. The number of halogens is 5. The number of nitrogens with one attached hydrogen (secondary N) is 1. The highest BCUT2D eigenvalue weighted by Gasteiger charge is 2.63. The summed E-state index contributed by atoms with van der Waals surface area (Å²) in [6.45, 7) is 5.74. The first-order chi connectivity index (χ1) is 24.5. The lowest BCUT2D eigenvalue weighted by molar-refractivity contribution is -0.129. The van der Waals surface area contributed by atoms with Crippen LogP contribution in [0.15, 0.2) is 62.7 Å². The molecule has 2 aliphatic carbocycles. The van der Waals surface area contributed by atoms with Crippen LogP contribution in [-0.4, -0.2) is 79.4 Å². The van der Waals surface area contributed by atoms with Crippen molar-refractivity contribution >= 4 is 54.5 Å². The molecule has 3 N–H and O–H groups in total. The lowest BCUT2D eigenvalue weighted by Gasteiger charge is -2.29. The van der Waals surface area contributed by atoms with Crippen LogP contribution in [0.1, 0.15) is 81.6 Å². The number of aliphatic imine (C=N–C) groups is 2. The van der Waals surface area contributed by atoms with E-state index in [0.29, 0.717) is 26.6 Å². The van der Waals surface area contributed by atoms with Crippen LogP contribution in [0.3, 0.4) is 0 Å². The fourth-order valence-electron chi connectivity index (χ4n) is 5.88. The number of nitrogens with two attached hydrogens (primary N) is 1. The summed E-state index contributed by atoms with van der Waals surface area (Å²) in [6, 6.07) is 8.65. The van der Waals surface area contributed by atoms with E-state index in [0.717, 1.165) is 30.5 Å². The smallest absolute Gasteiger partial charge is 0.407 e. The van der Waals surface area contributed by atoms with E-state index in [1.54, 1.807) is 24.3 Å². The van der Waals surface area contributed by atoms with Crippen molar-refractivity contribution in [3.63, 3.8) is 0 Å². The van der Waals surface area contributed by atoms with Crippen LogP contribution in [0, 0.1) is 10.8 Å². The van der Waals surface area contributed by atoms with Gasteiger partial charge in [0.2, 0.25) is 0 Å². The molecule has 6 rings (SSSR count). The van der Waals surface area contributed by atoms with Gasteiger partial charge in [0, 0.05) is 18.2 Å². The van der Waals surface area contributed by atoms with Crippen LogP contribution in [0.4, 0.5) is 28.0 Å². The summed E-state index contributed by atoms with van der Waals surface area (Å²) in [5, 5.41) is 11.1. The Balaban J connectivity index is 0.000000979. The minimum Gasteiger partial charge on any atom is -0.447 e. The molecular formula is C35H42ClF4N9O3. The topological polar surface area (TPSA) is 141 Å². The number of alkyl halides is 4. The van der Waals surface area contributed by atoms with Crippen molar-refractivity contribution in [1.82, 2.24) is 15.2 Å². The molecule has 2 heterocycles. The molecule has 2 aromatic rings. The first-order valence-electron chi connectivity index (χ1n) is 16.6. The van der Waals surface area contributed by atoms with E-state index in [4.69, 9.17) is 22.1 Å². The molecule has 0 aromatic heterocycles. The monoisotopic (exact) mass is 747 g/mol. The van der Waals surface area contributed by atoms with E-state index in [2.05, 4.69) is 59.9 Å². The Morgan fingerprint density at radius 2 is 1.83 bits per heavy atom. The minimum absolute atomic E-state index is 0.0106. The number of anilines is 1. The second kappa shape index (κ2) is 15.5. The second-order valence-corrected chi connectivity index (χ2v) is 15.1. The third kappa shape index (κ3) is 9.19. The van der Waals surface area contributed by atoms with Gasteiger partial charge in [-0.2, -0.15) is 27.8 Å². The molecule has 0 saturated heterocycles. The van der Waals surface area contributed by atoms with Crippen molar-refractivity contribution in [1.29, 1.82) is 0 Å². The van der Waals surface area contributed by atoms with Gasteiger partial charge in [-0.05, 0) is 65.6 Å². The Bertz CT molecular complexity index is 1720.